The first-order valence-corrected chi connectivity index (χ1v) is 25.9. The van der Waals surface area contributed by atoms with Gasteiger partial charge in [-0.3, -0.25) is 0 Å². The van der Waals surface area contributed by atoms with Crippen LogP contribution in [0.15, 0.2) is 255 Å². The van der Waals surface area contributed by atoms with Crippen LogP contribution in [0.4, 0.5) is 0 Å². The maximum atomic E-state index is 2.54. The molecule has 0 heterocycles. The van der Waals surface area contributed by atoms with Gasteiger partial charge in [-0.05, 0) is 181 Å². The molecule has 0 aromatic heterocycles. The predicted molar refractivity (Wildman–Crippen MR) is 318 cm³/mol. The van der Waals surface area contributed by atoms with E-state index in [0.717, 1.165) is 0 Å². The van der Waals surface area contributed by atoms with E-state index in [9.17, 15) is 0 Å². The molecule has 17 rings (SSSR count). The molecule has 0 aliphatic heterocycles. The summed E-state index contributed by atoms with van der Waals surface area (Å²) in [5.41, 5.74) is 17.9. The Labute approximate surface area is 427 Å². The zero-order valence-electron chi connectivity index (χ0n) is 40.2. The summed E-state index contributed by atoms with van der Waals surface area (Å²) in [5, 5.41) is 23.5. The molecule has 0 spiro atoms. The van der Waals surface area contributed by atoms with Crippen molar-refractivity contribution in [2.45, 2.75) is 0 Å². The largest absolute Gasteiger partial charge is 0.0622 e. The summed E-state index contributed by atoms with van der Waals surface area (Å²) in [6, 6.07) is 95.9. The van der Waals surface area contributed by atoms with Gasteiger partial charge in [0, 0.05) is 0 Å². The van der Waals surface area contributed by atoms with Crippen LogP contribution in [0.3, 0.4) is 0 Å². The number of benzene rings is 14. The van der Waals surface area contributed by atoms with Crippen LogP contribution in [0, 0.1) is 0 Å². The van der Waals surface area contributed by atoms with Crippen molar-refractivity contribution in [3.8, 4) is 77.9 Å². The number of fused-ring (bicyclic) bond motifs is 12. The van der Waals surface area contributed by atoms with Crippen molar-refractivity contribution in [3.05, 3.63) is 255 Å². The Morgan fingerprint density at radius 1 is 0.135 bits per heavy atom. The monoisotopic (exact) mass is 930 g/mol. The van der Waals surface area contributed by atoms with Crippen LogP contribution >= 0.6 is 0 Å². The SMILES string of the molecule is c1ccc(-c2c3c(c(-c4ccccc4)c4ccccc24)-c2ccc(-c4ccc5c6c(-c7ccccc7)c7c(cc8c9ccccc9c9cccc7c98)c(-c7ccccc7)c6c6cccc4c65)c4cccc-3c24)cc1. The van der Waals surface area contributed by atoms with Crippen LogP contribution in [0.1, 0.15) is 0 Å². The third kappa shape index (κ3) is 5.21. The Balaban J connectivity index is 1.00. The van der Waals surface area contributed by atoms with E-state index in [-0.39, 0.29) is 0 Å². The van der Waals surface area contributed by atoms with Gasteiger partial charge in [-0.15, -0.1) is 0 Å². The molecule has 0 fully saturated rings. The highest BCUT2D eigenvalue weighted by molar-refractivity contribution is 6.45. The van der Waals surface area contributed by atoms with Crippen molar-refractivity contribution in [1.29, 1.82) is 0 Å². The van der Waals surface area contributed by atoms with Crippen LogP contribution in [-0.2, 0) is 0 Å². The first kappa shape index (κ1) is 40.0. The van der Waals surface area contributed by atoms with Gasteiger partial charge >= 0.3 is 0 Å². The molecule has 338 valence electrons. The third-order valence-corrected chi connectivity index (χ3v) is 16.9. The van der Waals surface area contributed by atoms with Crippen molar-refractivity contribution in [2.75, 3.05) is 0 Å². The van der Waals surface area contributed by atoms with E-state index in [1.54, 1.807) is 0 Å². The molecule has 0 saturated heterocycles. The molecule has 0 unspecified atom stereocenters. The lowest BCUT2D eigenvalue weighted by Crippen LogP contribution is -1.93. The fourth-order valence-corrected chi connectivity index (χ4v) is 14.1. The van der Waals surface area contributed by atoms with Gasteiger partial charge in [0.2, 0.25) is 0 Å². The van der Waals surface area contributed by atoms with Gasteiger partial charge in [0.05, 0.1) is 0 Å². The number of hydrogen-bond acceptors (Lipinski definition) is 0. The topological polar surface area (TPSA) is 0 Å². The van der Waals surface area contributed by atoms with E-state index < -0.39 is 0 Å². The van der Waals surface area contributed by atoms with E-state index in [2.05, 4.69) is 255 Å². The summed E-state index contributed by atoms with van der Waals surface area (Å²) >= 11 is 0. The van der Waals surface area contributed by atoms with E-state index in [4.69, 9.17) is 0 Å². The molecule has 16 aromatic rings. The quantitative estimate of drug-likeness (QED) is 0.151. The third-order valence-electron chi connectivity index (χ3n) is 16.9. The molecule has 16 aromatic carbocycles. The van der Waals surface area contributed by atoms with Crippen LogP contribution in [0.5, 0.6) is 0 Å². The molecular weight excluding hydrogens is 889 g/mol. The number of rotatable bonds is 5. The first-order valence-electron chi connectivity index (χ1n) is 25.9. The fourth-order valence-electron chi connectivity index (χ4n) is 14.1. The Hall–Kier alpha value is -9.62. The molecule has 1 aliphatic rings. The Morgan fingerprint density at radius 2 is 0.500 bits per heavy atom. The van der Waals surface area contributed by atoms with Gasteiger partial charge in [0.15, 0.2) is 0 Å². The minimum atomic E-state index is 1.23. The molecule has 74 heavy (non-hydrogen) atoms. The average molecular weight is 931 g/mol. The molecule has 0 amide bonds. The Kier molecular flexibility index (Phi) is 8.09. The van der Waals surface area contributed by atoms with Gasteiger partial charge in [0.25, 0.3) is 0 Å². The molecule has 0 nitrogen and oxygen atoms in total. The van der Waals surface area contributed by atoms with E-state index in [1.807, 2.05) is 0 Å². The molecule has 0 bridgehead atoms. The summed E-state index contributed by atoms with van der Waals surface area (Å²) in [5.74, 6) is 0. The van der Waals surface area contributed by atoms with Crippen molar-refractivity contribution >= 4 is 97.0 Å². The Bertz CT molecular complexity index is 4920. The standard InChI is InChI=1S/C74H42/c1-5-20-43(21-6-1)63-54-30-15-16-31-55(54)64(44-22-7-2-8-23-44)73-59-40-38-49(52-33-18-36-57(67(52)59)71(63)73)50-39-41-60-68-53(50)34-19-37-58(68)72-65(45-24-9-3-10-25-45)62-42-61-48-29-14-13-28-47(48)51-32-17-35-56(69(51)61)70(62)66(74(60)72)46-26-11-4-12-27-46/h1-42H. The second-order valence-corrected chi connectivity index (χ2v) is 20.4. The van der Waals surface area contributed by atoms with E-state index in [0.29, 0.717) is 0 Å². The first-order chi connectivity index (χ1) is 36.8. The molecule has 0 heteroatoms. The lowest BCUT2D eigenvalue weighted by molar-refractivity contribution is 1.62. The molecular formula is C74H42. The van der Waals surface area contributed by atoms with E-state index >= 15 is 0 Å². The zero-order chi connectivity index (χ0) is 48.2. The van der Waals surface area contributed by atoms with Crippen molar-refractivity contribution in [1.82, 2.24) is 0 Å². The summed E-state index contributed by atoms with van der Waals surface area (Å²) in [7, 11) is 0. The average Bonchev–Trinajstić information content (AvgIpc) is 4.20. The summed E-state index contributed by atoms with van der Waals surface area (Å²) in [4.78, 5) is 0. The molecule has 0 N–H and O–H groups in total. The van der Waals surface area contributed by atoms with Gasteiger partial charge in [-0.1, -0.05) is 249 Å². The van der Waals surface area contributed by atoms with Crippen molar-refractivity contribution in [2.24, 2.45) is 0 Å². The lowest BCUT2D eigenvalue weighted by atomic mass is 9.82. The van der Waals surface area contributed by atoms with Crippen LogP contribution in [-0.4, -0.2) is 0 Å². The van der Waals surface area contributed by atoms with Crippen molar-refractivity contribution in [3.63, 3.8) is 0 Å². The van der Waals surface area contributed by atoms with Crippen molar-refractivity contribution < 1.29 is 0 Å². The Morgan fingerprint density at radius 3 is 1.09 bits per heavy atom. The smallest absolute Gasteiger partial charge is 0.000719 e. The second-order valence-electron chi connectivity index (χ2n) is 20.4. The minimum Gasteiger partial charge on any atom is -0.0622 e. The highest BCUT2D eigenvalue weighted by Gasteiger charge is 2.32. The normalized spacial score (nSPS) is 12.3. The van der Waals surface area contributed by atoms with Crippen LogP contribution < -0.4 is 0 Å². The van der Waals surface area contributed by atoms with Gasteiger partial charge in [-0.2, -0.15) is 0 Å². The summed E-state index contributed by atoms with van der Waals surface area (Å²) in [6.07, 6.45) is 0. The van der Waals surface area contributed by atoms with Crippen LogP contribution in [0.2, 0.25) is 0 Å². The second kappa shape index (κ2) is 15.0. The summed E-state index contributed by atoms with van der Waals surface area (Å²) in [6.45, 7) is 0. The molecule has 0 radical (unpaired) electrons. The minimum absolute atomic E-state index is 1.23. The fraction of sp³-hybridized carbons (Fsp3) is 0. The van der Waals surface area contributed by atoms with Gasteiger partial charge in [0.1, 0.15) is 0 Å². The maximum absolute atomic E-state index is 2.54. The van der Waals surface area contributed by atoms with Gasteiger partial charge < -0.3 is 0 Å². The zero-order valence-corrected chi connectivity index (χ0v) is 40.2. The van der Waals surface area contributed by atoms with Crippen LogP contribution in [0.25, 0.3) is 175 Å². The molecule has 0 saturated carbocycles. The highest BCUT2D eigenvalue weighted by Crippen LogP contribution is 2.60. The van der Waals surface area contributed by atoms with Gasteiger partial charge in [-0.25, -0.2) is 0 Å². The summed E-state index contributed by atoms with van der Waals surface area (Å²) < 4.78 is 0. The molecule has 0 atom stereocenters. The number of hydrogen-bond donors (Lipinski definition) is 0. The predicted octanol–water partition coefficient (Wildman–Crippen LogP) is 20.9. The highest BCUT2D eigenvalue weighted by atomic mass is 14.3. The molecule has 1 aliphatic carbocycles. The lowest BCUT2D eigenvalue weighted by Gasteiger charge is -2.20. The maximum Gasteiger partial charge on any atom is -0.000719 e. The van der Waals surface area contributed by atoms with E-state index in [1.165, 1.54) is 175 Å².